The van der Waals surface area contributed by atoms with E-state index in [4.69, 9.17) is 5.73 Å². The molecule has 0 atom stereocenters. The SMILES string of the molecule is C=CCN(C(=O)C1CCC(N)CC1)C(C)C. The van der Waals surface area contributed by atoms with Crippen molar-refractivity contribution in [3.8, 4) is 0 Å². The summed E-state index contributed by atoms with van der Waals surface area (Å²) in [5.41, 5.74) is 5.85. The predicted molar refractivity (Wildman–Crippen MR) is 67.0 cm³/mol. The molecule has 0 aromatic rings. The van der Waals surface area contributed by atoms with E-state index in [0.29, 0.717) is 12.6 Å². The normalized spacial score (nSPS) is 25.5. The topological polar surface area (TPSA) is 46.3 Å². The summed E-state index contributed by atoms with van der Waals surface area (Å²) in [5, 5.41) is 0. The van der Waals surface area contributed by atoms with Crippen LogP contribution in [0.2, 0.25) is 0 Å². The Morgan fingerprint density at radius 3 is 2.44 bits per heavy atom. The van der Waals surface area contributed by atoms with Gasteiger partial charge in [-0.1, -0.05) is 6.08 Å². The molecule has 16 heavy (non-hydrogen) atoms. The van der Waals surface area contributed by atoms with Crippen LogP contribution in [0.1, 0.15) is 39.5 Å². The molecule has 3 nitrogen and oxygen atoms in total. The second-order valence-corrected chi connectivity index (χ2v) is 4.98. The fourth-order valence-electron chi connectivity index (χ4n) is 2.30. The summed E-state index contributed by atoms with van der Waals surface area (Å²) >= 11 is 0. The van der Waals surface area contributed by atoms with Crippen molar-refractivity contribution >= 4 is 5.91 Å². The summed E-state index contributed by atoms with van der Waals surface area (Å²) in [4.78, 5) is 14.2. The zero-order chi connectivity index (χ0) is 12.1. The lowest BCUT2D eigenvalue weighted by Gasteiger charge is -2.32. The summed E-state index contributed by atoms with van der Waals surface area (Å²) in [6.07, 6.45) is 5.65. The first-order valence-corrected chi connectivity index (χ1v) is 6.23. The molecule has 1 saturated carbocycles. The largest absolute Gasteiger partial charge is 0.336 e. The molecule has 0 spiro atoms. The number of rotatable bonds is 4. The fraction of sp³-hybridized carbons (Fsp3) is 0.769. The first-order valence-electron chi connectivity index (χ1n) is 6.23. The minimum Gasteiger partial charge on any atom is -0.336 e. The maximum Gasteiger partial charge on any atom is 0.226 e. The molecule has 0 unspecified atom stereocenters. The number of amides is 1. The van der Waals surface area contributed by atoms with Crippen molar-refractivity contribution in [3.05, 3.63) is 12.7 Å². The van der Waals surface area contributed by atoms with Crippen molar-refractivity contribution in [2.45, 2.75) is 51.6 Å². The third-order valence-electron chi connectivity index (χ3n) is 3.35. The first-order chi connectivity index (χ1) is 7.56. The molecule has 0 aromatic heterocycles. The molecule has 0 saturated heterocycles. The molecule has 1 aliphatic rings. The molecule has 0 aliphatic heterocycles. The minimum atomic E-state index is 0.183. The van der Waals surface area contributed by atoms with Crippen LogP contribution in [0.5, 0.6) is 0 Å². The van der Waals surface area contributed by atoms with Crippen LogP contribution in [0.25, 0.3) is 0 Å². The van der Waals surface area contributed by atoms with Crippen LogP contribution in [-0.4, -0.2) is 29.4 Å². The Morgan fingerprint density at radius 1 is 1.44 bits per heavy atom. The van der Waals surface area contributed by atoms with Crippen LogP contribution < -0.4 is 5.73 Å². The van der Waals surface area contributed by atoms with Crippen molar-refractivity contribution < 1.29 is 4.79 Å². The Morgan fingerprint density at radius 2 is 2.00 bits per heavy atom. The van der Waals surface area contributed by atoms with Crippen LogP contribution in [0.4, 0.5) is 0 Å². The van der Waals surface area contributed by atoms with E-state index in [9.17, 15) is 4.79 Å². The van der Waals surface area contributed by atoms with Gasteiger partial charge in [-0.05, 0) is 39.5 Å². The van der Waals surface area contributed by atoms with Gasteiger partial charge in [0.25, 0.3) is 0 Å². The number of hydrogen-bond acceptors (Lipinski definition) is 2. The zero-order valence-electron chi connectivity index (χ0n) is 10.5. The van der Waals surface area contributed by atoms with Crippen molar-refractivity contribution in [3.63, 3.8) is 0 Å². The van der Waals surface area contributed by atoms with Gasteiger partial charge >= 0.3 is 0 Å². The van der Waals surface area contributed by atoms with Crippen molar-refractivity contribution in [2.24, 2.45) is 11.7 Å². The number of carbonyl (C=O) groups excluding carboxylic acids is 1. The van der Waals surface area contributed by atoms with E-state index in [2.05, 4.69) is 20.4 Å². The van der Waals surface area contributed by atoms with E-state index in [-0.39, 0.29) is 17.9 Å². The van der Waals surface area contributed by atoms with Crippen molar-refractivity contribution in [1.29, 1.82) is 0 Å². The Bertz CT molecular complexity index is 242. The highest BCUT2D eigenvalue weighted by molar-refractivity contribution is 5.79. The average Bonchev–Trinajstić information content (AvgIpc) is 2.25. The molecular weight excluding hydrogens is 200 g/mol. The van der Waals surface area contributed by atoms with Gasteiger partial charge in [0.05, 0.1) is 0 Å². The highest BCUT2D eigenvalue weighted by Gasteiger charge is 2.28. The predicted octanol–water partition coefficient (Wildman–Crippen LogP) is 1.93. The second-order valence-electron chi connectivity index (χ2n) is 4.98. The molecule has 2 N–H and O–H groups in total. The van der Waals surface area contributed by atoms with Gasteiger partial charge in [0, 0.05) is 24.5 Å². The Balaban J connectivity index is 2.56. The highest BCUT2D eigenvalue weighted by atomic mass is 16.2. The summed E-state index contributed by atoms with van der Waals surface area (Å²) in [5.74, 6) is 0.462. The smallest absolute Gasteiger partial charge is 0.226 e. The van der Waals surface area contributed by atoms with Gasteiger partial charge in [0.1, 0.15) is 0 Å². The molecular formula is C13H24N2O. The van der Waals surface area contributed by atoms with Gasteiger partial charge in [0.15, 0.2) is 0 Å². The lowest BCUT2D eigenvalue weighted by Crippen LogP contribution is -2.43. The summed E-state index contributed by atoms with van der Waals surface area (Å²) in [6.45, 7) is 8.46. The lowest BCUT2D eigenvalue weighted by atomic mass is 9.85. The van der Waals surface area contributed by atoms with Gasteiger partial charge in [-0.25, -0.2) is 0 Å². The molecule has 92 valence electrons. The van der Waals surface area contributed by atoms with Crippen LogP contribution in [0, 0.1) is 5.92 Å². The van der Waals surface area contributed by atoms with Crippen LogP contribution in [0.3, 0.4) is 0 Å². The van der Waals surface area contributed by atoms with Crippen molar-refractivity contribution in [1.82, 2.24) is 4.90 Å². The average molecular weight is 224 g/mol. The van der Waals surface area contributed by atoms with E-state index >= 15 is 0 Å². The van der Waals surface area contributed by atoms with E-state index in [0.717, 1.165) is 25.7 Å². The Kier molecular flexibility index (Phi) is 5.00. The van der Waals surface area contributed by atoms with E-state index < -0.39 is 0 Å². The van der Waals surface area contributed by atoms with Gasteiger partial charge in [0.2, 0.25) is 5.91 Å². The van der Waals surface area contributed by atoms with E-state index in [1.165, 1.54) is 0 Å². The van der Waals surface area contributed by atoms with Crippen molar-refractivity contribution in [2.75, 3.05) is 6.54 Å². The van der Waals surface area contributed by atoms with E-state index in [1.807, 2.05) is 4.90 Å². The molecule has 1 fully saturated rings. The molecule has 0 heterocycles. The summed E-state index contributed by atoms with van der Waals surface area (Å²) < 4.78 is 0. The Labute approximate surface area is 98.7 Å². The number of hydrogen-bond donors (Lipinski definition) is 1. The third kappa shape index (κ3) is 3.34. The molecule has 0 aromatic carbocycles. The fourth-order valence-corrected chi connectivity index (χ4v) is 2.30. The lowest BCUT2D eigenvalue weighted by molar-refractivity contribution is -0.137. The monoisotopic (exact) mass is 224 g/mol. The van der Waals surface area contributed by atoms with Gasteiger partial charge < -0.3 is 10.6 Å². The van der Waals surface area contributed by atoms with Gasteiger partial charge in [-0.2, -0.15) is 0 Å². The first kappa shape index (κ1) is 13.2. The zero-order valence-corrected chi connectivity index (χ0v) is 10.5. The standard InChI is InChI=1S/C13H24N2O/c1-4-9-15(10(2)3)13(16)11-5-7-12(14)8-6-11/h4,10-12H,1,5-9,14H2,2-3H3. The molecule has 0 bridgehead atoms. The number of nitrogens with two attached hydrogens (primary N) is 1. The number of nitrogens with zero attached hydrogens (tertiary/aromatic N) is 1. The highest BCUT2D eigenvalue weighted by Crippen LogP contribution is 2.25. The molecule has 1 amide bonds. The van der Waals surface area contributed by atoms with Crippen LogP contribution >= 0.6 is 0 Å². The quantitative estimate of drug-likeness (QED) is 0.742. The summed E-state index contributed by atoms with van der Waals surface area (Å²) in [7, 11) is 0. The van der Waals surface area contributed by atoms with Gasteiger partial charge in [-0.15, -0.1) is 6.58 Å². The van der Waals surface area contributed by atoms with Crippen LogP contribution in [-0.2, 0) is 4.79 Å². The van der Waals surface area contributed by atoms with Crippen LogP contribution in [0.15, 0.2) is 12.7 Å². The number of carbonyl (C=O) groups is 1. The van der Waals surface area contributed by atoms with Gasteiger partial charge in [-0.3, -0.25) is 4.79 Å². The minimum absolute atomic E-state index is 0.183. The molecule has 1 rings (SSSR count). The Hall–Kier alpha value is -0.830. The molecule has 3 heteroatoms. The summed E-state index contributed by atoms with van der Waals surface area (Å²) in [6, 6.07) is 0.553. The molecule has 0 radical (unpaired) electrons. The second kappa shape index (κ2) is 6.04. The molecule has 1 aliphatic carbocycles. The maximum atomic E-state index is 12.3. The maximum absolute atomic E-state index is 12.3. The third-order valence-corrected chi connectivity index (χ3v) is 3.35. The van der Waals surface area contributed by atoms with E-state index in [1.54, 1.807) is 6.08 Å².